The van der Waals surface area contributed by atoms with Crippen LogP contribution in [0, 0.1) is 25.7 Å². The Labute approximate surface area is 304 Å². The van der Waals surface area contributed by atoms with Crippen LogP contribution in [0.25, 0.3) is 11.6 Å². The van der Waals surface area contributed by atoms with Gasteiger partial charge in [-0.05, 0) is 97.7 Å². The molecule has 5 unspecified atom stereocenters. The van der Waals surface area contributed by atoms with Crippen molar-refractivity contribution in [3.8, 4) is 5.75 Å². The fraction of sp³-hybridized carbons (Fsp3) is 0.436. The molecule has 52 heavy (non-hydrogen) atoms. The minimum Gasteiger partial charge on any atom is -0.507 e. The third kappa shape index (κ3) is 8.34. The number of rotatable bonds is 13. The number of hydrogen-bond acceptors (Lipinski definition) is 9. The zero-order valence-electron chi connectivity index (χ0n) is 29.9. The lowest BCUT2D eigenvalue weighted by Gasteiger charge is -2.30. The number of aryl methyl sites for hydroxylation is 2. The number of anilines is 1. The number of ether oxygens (including phenoxy) is 3. The van der Waals surface area contributed by atoms with E-state index in [9.17, 15) is 28.2 Å². The molecule has 2 fully saturated rings. The molecule has 3 aliphatic rings. The van der Waals surface area contributed by atoms with E-state index in [1.54, 1.807) is 38.1 Å². The predicted octanol–water partition coefficient (Wildman–Crippen LogP) is 5.00. The van der Waals surface area contributed by atoms with Gasteiger partial charge in [-0.1, -0.05) is 44.2 Å². The Bertz CT molecular complexity index is 1910. The third-order valence-corrected chi connectivity index (χ3v) is 11.8. The van der Waals surface area contributed by atoms with Gasteiger partial charge in [0.2, 0.25) is 10.0 Å². The van der Waals surface area contributed by atoms with E-state index < -0.39 is 40.7 Å². The molecule has 2 amide bonds. The molecule has 3 aromatic carbocycles. The first-order valence-corrected chi connectivity index (χ1v) is 19.1. The number of aliphatic hydroxyl groups is 1. The summed E-state index contributed by atoms with van der Waals surface area (Å²) in [5.74, 6) is -0.104. The number of nitrogens with one attached hydrogen (secondary N) is 2. The third-order valence-electron chi connectivity index (χ3n) is 9.89. The Hall–Kier alpha value is -4.27. The Morgan fingerprint density at radius 1 is 1.10 bits per heavy atom. The molecule has 4 N–H and O–H groups in total. The molecule has 6 rings (SSSR count). The fourth-order valence-corrected chi connectivity index (χ4v) is 8.43. The van der Waals surface area contributed by atoms with Gasteiger partial charge in [0.05, 0.1) is 36.2 Å². The highest BCUT2D eigenvalue weighted by molar-refractivity contribution is 7.89. The Kier molecular flexibility index (Phi) is 11.4. The van der Waals surface area contributed by atoms with Crippen molar-refractivity contribution in [1.29, 1.82) is 0 Å². The highest BCUT2D eigenvalue weighted by atomic mass is 32.2. The van der Waals surface area contributed by atoms with Gasteiger partial charge in [-0.25, -0.2) is 13.2 Å². The molecule has 2 saturated heterocycles. The number of phenols is 1. The summed E-state index contributed by atoms with van der Waals surface area (Å²) < 4.78 is 47.0. The molecule has 3 aliphatic heterocycles. The number of carbonyl (C=O) groups excluding carboxylic acids is 2. The van der Waals surface area contributed by atoms with Crippen LogP contribution in [0.15, 0.2) is 65.6 Å². The summed E-state index contributed by atoms with van der Waals surface area (Å²) in [6, 6.07) is 16.4. The zero-order chi connectivity index (χ0) is 37.2. The van der Waals surface area contributed by atoms with Crippen molar-refractivity contribution in [3.63, 3.8) is 0 Å². The van der Waals surface area contributed by atoms with E-state index in [-0.39, 0.29) is 54.5 Å². The summed E-state index contributed by atoms with van der Waals surface area (Å²) in [6.45, 7) is 8.06. The van der Waals surface area contributed by atoms with E-state index in [4.69, 9.17) is 14.2 Å². The number of phenolic OH excluding ortho intramolecular Hbond substituents is 1. The van der Waals surface area contributed by atoms with E-state index in [0.29, 0.717) is 53.0 Å². The van der Waals surface area contributed by atoms with Gasteiger partial charge in [-0.2, -0.15) is 4.31 Å². The minimum atomic E-state index is -4.21. The minimum absolute atomic E-state index is 0.0378. The second kappa shape index (κ2) is 15.8. The highest BCUT2D eigenvalue weighted by Crippen LogP contribution is 2.37. The molecule has 0 aliphatic carbocycles. The number of carbonyl (C=O) groups is 2. The fourth-order valence-electron chi connectivity index (χ4n) is 6.93. The van der Waals surface area contributed by atoms with Crippen LogP contribution in [0.4, 0.5) is 10.5 Å². The maximum absolute atomic E-state index is 14.4. The van der Waals surface area contributed by atoms with Crippen LogP contribution in [0.1, 0.15) is 54.5 Å². The first-order valence-electron chi connectivity index (χ1n) is 17.7. The van der Waals surface area contributed by atoms with E-state index in [2.05, 4.69) is 10.6 Å². The zero-order valence-corrected chi connectivity index (χ0v) is 30.7. The van der Waals surface area contributed by atoms with Crippen molar-refractivity contribution in [2.75, 3.05) is 31.6 Å². The Morgan fingerprint density at radius 2 is 1.83 bits per heavy atom. The van der Waals surface area contributed by atoms with Crippen LogP contribution in [0.3, 0.4) is 0 Å². The number of aromatic hydroxyl groups is 1. The van der Waals surface area contributed by atoms with Gasteiger partial charge in [-0.15, -0.1) is 0 Å². The summed E-state index contributed by atoms with van der Waals surface area (Å²) >= 11 is 0. The lowest BCUT2D eigenvalue weighted by Crippen LogP contribution is -2.51. The van der Waals surface area contributed by atoms with Crippen molar-refractivity contribution >= 4 is 39.4 Å². The van der Waals surface area contributed by atoms with Crippen LogP contribution in [0.5, 0.6) is 5.75 Å². The molecular weight excluding hydrogens is 687 g/mol. The second-order valence-electron chi connectivity index (χ2n) is 14.2. The van der Waals surface area contributed by atoms with Crippen LogP contribution in [0.2, 0.25) is 0 Å². The maximum Gasteiger partial charge on any atom is 0.407 e. The SMILES string of the molecule is Cc1cc(/C=C2\C(=O)Nc3ccc(S(=O)(=O)N(CCC(C)C)CC(O)C(Cc4ccccc4)NC(=O)OC4COC5OCCC45)cc32)cc(C)c1O. The molecule has 13 heteroatoms. The summed E-state index contributed by atoms with van der Waals surface area (Å²) in [7, 11) is -4.21. The summed E-state index contributed by atoms with van der Waals surface area (Å²) in [6.07, 6.45) is 0.194. The summed E-state index contributed by atoms with van der Waals surface area (Å²) in [4.78, 5) is 26.3. The number of hydrogen-bond donors (Lipinski definition) is 4. The topological polar surface area (TPSA) is 164 Å². The lowest BCUT2D eigenvalue weighted by atomic mass is 10.0. The smallest absolute Gasteiger partial charge is 0.407 e. The molecule has 3 aromatic rings. The Morgan fingerprint density at radius 3 is 2.54 bits per heavy atom. The molecule has 0 aromatic heterocycles. The molecule has 0 bridgehead atoms. The van der Waals surface area contributed by atoms with Gasteiger partial charge >= 0.3 is 6.09 Å². The standard InChI is InChI=1S/C39H47N3O9S/c1-23(2)12-14-42(21-34(43)33(19-26-8-6-5-7-9-26)41-39(46)51-35-22-50-38-29(35)13-15-49-38)52(47,48)28-10-11-32-30(20-28)31(37(45)40-32)18-27-16-24(3)36(44)25(4)17-27/h5-11,16-18,20,23,29,33-35,38,43-44H,12-15,19,21-22H2,1-4H3,(H,40,45)(H,41,46)/b31-18-. The van der Waals surface area contributed by atoms with Crippen molar-refractivity contribution < 1.29 is 42.4 Å². The molecule has 278 valence electrons. The number of fused-ring (bicyclic) bond motifs is 2. The van der Waals surface area contributed by atoms with Crippen molar-refractivity contribution in [2.24, 2.45) is 11.8 Å². The number of amides is 2. The molecule has 0 saturated carbocycles. The lowest BCUT2D eigenvalue weighted by molar-refractivity contribution is -0.110. The van der Waals surface area contributed by atoms with Crippen molar-refractivity contribution in [3.05, 3.63) is 88.5 Å². The Balaban J connectivity index is 1.26. The molecule has 0 radical (unpaired) electrons. The first kappa shape index (κ1) is 37.5. The molecule has 3 heterocycles. The van der Waals surface area contributed by atoms with Crippen molar-refractivity contribution in [2.45, 2.75) is 76.4 Å². The van der Waals surface area contributed by atoms with Gasteiger partial charge in [0.25, 0.3) is 5.91 Å². The number of benzene rings is 3. The summed E-state index contributed by atoms with van der Waals surface area (Å²) in [5, 5.41) is 27.6. The van der Waals surface area contributed by atoms with Crippen LogP contribution < -0.4 is 10.6 Å². The average Bonchev–Trinajstić information content (AvgIpc) is 3.81. The summed E-state index contributed by atoms with van der Waals surface area (Å²) in [5.41, 5.74) is 4.03. The average molecular weight is 734 g/mol. The predicted molar refractivity (Wildman–Crippen MR) is 196 cm³/mol. The van der Waals surface area contributed by atoms with Gasteiger partial charge in [0, 0.05) is 29.9 Å². The van der Waals surface area contributed by atoms with Crippen LogP contribution in [-0.4, -0.2) is 85.8 Å². The quantitative estimate of drug-likeness (QED) is 0.177. The van der Waals surface area contributed by atoms with E-state index in [0.717, 1.165) is 5.56 Å². The van der Waals surface area contributed by atoms with Gasteiger partial charge in [0.15, 0.2) is 6.29 Å². The van der Waals surface area contributed by atoms with Gasteiger partial charge in [-0.3, -0.25) is 4.79 Å². The first-order chi connectivity index (χ1) is 24.8. The highest BCUT2D eigenvalue weighted by Gasteiger charge is 2.44. The molecule has 12 nitrogen and oxygen atoms in total. The second-order valence-corrected chi connectivity index (χ2v) is 16.2. The van der Waals surface area contributed by atoms with Crippen LogP contribution in [-0.2, 0) is 35.4 Å². The van der Waals surface area contributed by atoms with E-state index in [1.807, 2.05) is 44.2 Å². The van der Waals surface area contributed by atoms with Crippen molar-refractivity contribution in [1.82, 2.24) is 9.62 Å². The molecule has 5 atom stereocenters. The number of alkyl carbamates (subject to hydrolysis) is 1. The van der Waals surface area contributed by atoms with Crippen LogP contribution >= 0.6 is 0 Å². The maximum atomic E-state index is 14.4. The van der Waals surface area contributed by atoms with Gasteiger partial charge < -0.3 is 35.1 Å². The van der Waals surface area contributed by atoms with E-state index >= 15 is 0 Å². The molecule has 0 spiro atoms. The normalized spacial score (nSPS) is 21.6. The van der Waals surface area contributed by atoms with E-state index in [1.165, 1.54) is 16.4 Å². The monoisotopic (exact) mass is 733 g/mol. The largest absolute Gasteiger partial charge is 0.507 e. The van der Waals surface area contributed by atoms with Gasteiger partial charge in [0.1, 0.15) is 11.9 Å². The number of nitrogens with zero attached hydrogens (tertiary/aromatic N) is 1. The number of aliphatic hydroxyl groups excluding tert-OH is 1. The molecular formula is C39H47N3O9S. The number of sulfonamides is 1.